The third-order valence-corrected chi connectivity index (χ3v) is 5.53. The summed E-state index contributed by atoms with van der Waals surface area (Å²) in [5.74, 6) is 1.05. The minimum atomic E-state index is -0.181. The molecule has 1 N–H and O–H groups in total. The fourth-order valence-electron chi connectivity index (χ4n) is 3.69. The van der Waals surface area contributed by atoms with E-state index in [0.717, 1.165) is 56.4 Å². The smallest absolute Gasteiger partial charge is 0.236 e. The highest BCUT2D eigenvalue weighted by atomic mass is 16.5. The van der Waals surface area contributed by atoms with E-state index in [4.69, 9.17) is 4.74 Å². The minimum absolute atomic E-state index is 0.181. The van der Waals surface area contributed by atoms with Crippen LogP contribution in [0.4, 0.5) is 0 Å². The van der Waals surface area contributed by atoms with Crippen molar-refractivity contribution < 1.29 is 14.6 Å². The van der Waals surface area contributed by atoms with Gasteiger partial charge in [0.05, 0.1) is 19.8 Å². The lowest BCUT2D eigenvalue weighted by Crippen LogP contribution is -2.45. The summed E-state index contributed by atoms with van der Waals surface area (Å²) >= 11 is 0. The van der Waals surface area contributed by atoms with Gasteiger partial charge >= 0.3 is 0 Å². The molecule has 0 atom stereocenters. The number of carbonyl (C=O) groups excluding carboxylic acids is 1. The van der Waals surface area contributed by atoms with Gasteiger partial charge in [0.2, 0.25) is 5.91 Å². The van der Waals surface area contributed by atoms with E-state index in [-0.39, 0.29) is 12.0 Å². The number of hydrogen-bond acceptors (Lipinski definition) is 4. The molecule has 1 aromatic rings. The number of aliphatic hydroxyl groups excluding tert-OH is 1. The molecule has 25 heavy (non-hydrogen) atoms. The lowest BCUT2D eigenvalue weighted by molar-refractivity contribution is -0.132. The van der Waals surface area contributed by atoms with Crippen LogP contribution in [0.15, 0.2) is 24.3 Å². The lowest BCUT2D eigenvalue weighted by Gasteiger charge is -2.36. The molecule has 1 amide bonds. The largest absolute Gasteiger partial charge is 0.497 e. The second kappa shape index (κ2) is 8.19. The molecule has 0 saturated heterocycles. The molecule has 0 spiro atoms. The summed E-state index contributed by atoms with van der Waals surface area (Å²) in [4.78, 5) is 16.9. The van der Waals surface area contributed by atoms with Gasteiger partial charge in [-0.15, -0.1) is 0 Å². The van der Waals surface area contributed by atoms with Crippen LogP contribution in [0.5, 0.6) is 5.75 Å². The van der Waals surface area contributed by atoms with E-state index in [1.807, 2.05) is 30.1 Å². The normalized spacial score (nSPS) is 23.5. The number of aliphatic hydroxyl groups is 1. The van der Waals surface area contributed by atoms with Crippen molar-refractivity contribution in [2.45, 2.75) is 63.3 Å². The van der Waals surface area contributed by atoms with Gasteiger partial charge in [0.15, 0.2) is 0 Å². The molecule has 5 heteroatoms. The number of nitrogens with zero attached hydrogens (tertiary/aromatic N) is 2. The average molecular weight is 346 g/mol. The van der Waals surface area contributed by atoms with Crippen LogP contribution in [-0.2, 0) is 11.3 Å². The second-order valence-electron chi connectivity index (χ2n) is 7.45. The molecule has 138 valence electrons. The monoisotopic (exact) mass is 346 g/mol. The molecule has 2 aliphatic rings. The van der Waals surface area contributed by atoms with Crippen molar-refractivity contribution in [2.24, 2.45) is 0 Å². The summed E-state index contributed by atoms with van der Waals surface area (Å²) in [5.41, 5.74) is 1.16. The molecule has 0 bridgehead atoms. The van der Waals surface area contributed by atoms with Gasteiger partial charge in [-0.3, -0.25) is 9.69 Å². The Hall–Kier alpha value is -1.59. The van der Waals surface area contributed by atoms with Gasteiger partial charge in [-0.25, -0.2) is 0 Å². The summed E-state index contributed by atoms with van der Waals surface area (Å²) in [6, 6.07) is 8.86. The summed E-state index contributed by atoms with van der Waals surface area (Å²) in [6.07, 6.45) is 5.64. The van der Waals surface area contributed by atoms with Gasteiger partial charge in [-0.05, 0) is 56.2 Å². The highest BCUT2D eigenvalue weighted by molar-refractivity contribution is 5.78. The van der Waals surface area contributed by atoms with Crippen molar-refractivity contribution in [2.75, 3.05) is 20.7 Å². The van der Waals surface area contributed by atoms with Crippen LogP contribution in [0.1, 0.15) is 44.1 Å². The number of ether oxygens (including phenoxy) is 1. The third-order valence-electron chi connectivity index (χ3n) is 5.53. The molecule has 2 aliphatic carbocycles. The SMILES string of the molecule is COc1cccc(CN(CC(=O)N(C)C2CC2)C2CCC(O)CC2)c1. The van der Waals surface area contributed by atoms with Gasteiger partial charge in [-0.2, -0.15) is 0 Å². The first-order valence-corrected chi connectivity index (χ1v) is 9.37. The van der Waals surface area contributed by atoms with Crippen molar-refractivity contribution in [3.05, 3.63) is 29.8 Å². The molecule has 0 heterocycles. The zero-order chi connectivity index (χ0) is 17.8. The number of methoxy groups -OCH3 is 1. The Labute approximate surface area is 150 Å². The van der Waals surface area contributed by atoms with Gasteiger partial charge in [0, 0.05) is 25.7 Å². The van der Waals surface area contributed by atoms with Crippen molar-refractivity contribution in [3.63, 3.8) is 0 Å². The number of amides is 1. The van der Waals surface area contributed by atoms with E-state index in [1.165, 1.54) is 0 Å². The van der Waals surface area contributed by atoms with Gasteiger partial charge in [-0.1, -0.05) is 12.1 Å². The van der Waals surface area contributed by atoms with E-state index >= 15 is 0 Å². The second-order valence-corrected chi connectivity index (χ2v) is 7.45. The maximum Gasteiger partial charge on any atom is 0.236 e. The van der Waals surface area contributed by atoms with Crippen LogP contribution < -0.4 is 4.74 Å². The van der Waals surface area contributed by atoms with Crippen molar-refractivity contribution >= 4 is 5.91 Å². The first-order valence-electron chi connectivity index (χ1n) is 9.37. The Kier molecular flexibility index (Phi) is 5.97. The minimum Gasteiger partial charge on any atom is -0.497 e. The topological polar surface area (TPSA) is 53.0 Å². The first kappa shape index (κ1) is 18.2. The Morgan fingerprint density at radius 2 is 1.84 bits per heavy atom. The quantitative estimate of drug-likeness (QED) is 0.824. The van der Waals surface area contributed by atoms with Crippen molar-refractivity contribution in [3.8, 4) is 5.75 Å². The molecule has 0 aliphatic heterocycles. The van der Waals surface area contributed by atoms with Gasteiger partial charge < -0.3 is 14.7 Å². The molecule has 0 radical (unpaired) electrons. The molecule has 0 unspecified atom stereocenters. The van der Waals surface area contributed by atoms with Crippen LogP contribution in [0.2, 0.25) is 0 Å². The predicted octanol–water partition coefficient (Wildman–Crippen LogP) is 2.42. The van der Waals surface area contributed by atoms with Crippen LogP contribution in [0.25, 0.3) is 0 Å². The summed E-state index contributed by atoms with van der Waals surface area (Å²) < 4.78 is 5.33. The van der Waals surface area contributed by atoms with E-state index in [2.05, 4.69) is 11.0 Å². The Bertz CT molecular complexity index is 580. The molecule has 5 nitrogen and oxygen atoms in total. The molecule has 3 rings (SSSR count). The molecular weight excluding hydrogens is 316 g/mol. The molecule has 1 aromatic carbocycles. The highest BCUT2D eigenvalue weighted by Gasteiger charge is 2.32. The molecular formula is C20H30N2O3. The maximum atomic E-state index is 12.7. The zero-order valence-corrected chi connectivity index (χ0v) is 15.4. The van der Waals surface area contributed by atoms with Crippen molar-refractivity contribution in [1.82, 2.24) is 9.80 Å². The summed E-state index contributed by atoms with van der Waals surface area (Å²) in [5, 5.41) is 9.81. The standard InChI is InChI=1S/C20H30N2O3/c1-21(16-6-7-16)20(24)14-22(17-8-10-18(23)11-9-17)13-15-4-3-5-19(12-15)25-2/h3-5,12,16-18,23H,6-11,13-14H2,1-2H3. The first-order chi connectivity index (χ1) is 12.1. The summed E-state index contributed by atoms with van der Waals surface area (Å²) in [6.45, 7) is 1.19. The van der Waals surface area contributed by atoms with E-state index in [1.54, 1.807) is 7.11 Å². The molecule has 0 aromatic heterocycles. The fourth-order valence-corrected chi connectivity index (χ4v) is 3.69. The van der Waals surface area contributed by atoms with Crippen molar-refractivity contribution in [1.29, 1.82) is 0 Å². The number of carbonyl (C=O) groups is 1. The predicted molar refractivity (Wildman–Crippen MR) is 97.5 cm³/mol. The van der Waals surface area contributed by atoms with E-state index in [0.29, 0.717) is 18.6 Å². The van der Waals surface area contributed by atoms with E-state index in [9.17, 15) is 9.90 Å². The third kappa shape index (κ3) is 4.95. The number of rotatable bonds is 7. The lowest BCUT2D eigenvalue weighted by atomic mass is 9.91. The van der Waals surface area contributed by atoms with E-state index < -0.39 is 0 Å². The number of hydrogen-bond donors (Lipinski definition) is 1. The number of likely N-dealkylation sites (N-methyl/N-ethyl adjacent to an activating group) is 1. The van der Waals surface area contributed by atoms with Gasteiger partial charge in [0.1, 0.15) is 5.75 Å². The van der Waals surface area contributed by atoms with Crippen LogP contribution in [0, 0.1) is 0 Å². The Morgan fingerprint density at radius 1 is 1.16 bits per heavy atom. The Balaban J connectivity index is 1.69. The maximum absolute atomic E-state index is 12.7. The van der Waals surface area contributed by atoms with Crippen LogP contribution >= 0.6 is 0 Å². The molecule has 2 fully saturated rings. The molecule has 2 saturated carbocycles. The zero-order valence-electron chi connectivity index (χ0n) is 15.4. The number of benzene rings is 1. The average Bonchev–Trinajstić information content (AvgIpc) is 3.46. The van der Waals surface area contributed by atoms with Gasteiger partial charge in [0.25, 0.3) is 0 Å². The van der Waals surface area contributed by atoms with Crippen LogP contribution in [-0.4, -0.2) is 59.7 Å². The summed E-state index contributed by atoms with van der Waals surface area (Å²) in [7, 11) is 3.60. The Morgan fingerprint density at radius 3 is 2.48 bits per heavy atom. The highest BCUT2D eigenvalue weighted by Crippen LogP contribution is 2.28. The fraction of sp³-hybridized carbons (Fsp3) is 0.650. The van der Waals surface area contributed by atoms with Crippen LogP contribution in [0.3, 0.4) is 0 Å².